The molecule has 1 amide bonds. The number of nitro benzene ring substituents is 2. The zero-order valence-corrected chi connectivity index (χ0v) is 18.5. The third-order valence-corrected chi connectivity index (χ3v) is 5.38. The molecule has 33 heavy (non-hydrogen) atoms. The molecule has 0 unspecified atom stereocenters. The van der Waals surface area contributed by atoms with Gasteiger partial charge in [0, 0.05) is 12.1 Å². The molecule has 1 aromatic heterocycles. The molecule has 0 saturated carbocycles. The summed E-state index contributed by atoms with van der Waals surface area (Å²) in [5, 5.41) is 34.3. The molecular formula is C19H19N3O10S. The lowest BCUT2D eigenvalue weighted by Gasteiger charge is -2.08. The summed E-state index contributed by atoms with van der Waals surface area (Å²) >= 11 is 0.736. The third-order valence-electron chi connectivity index (χ3n) is 4.25. The van der Waals surface area contributed by atoms with Crippen LogP contribution in [0.15, 0.2) is 12.1 Å². The highest BCUT2D eigenvalue weighted by atomic mass is 32.1. The smallest absolute Gasteiger partial charge is 0.348 e. The van der Waals surface area contributed by atoms with Crippen LogP contribution in [0.2, 0.25) is 0 Å². The van der Waals surface area contributed by atoms with Crippen molar-refractivity contribution in [3.63, 3.8) is 0 Å². The first-order chi connectivity index (χ1) is 15.6. The average molecular weight is 481 g/mol. The van der Waals surface area contributed by atoms with Crippen molar-refractivity contribution >= 4 is 45.6 Å². The number of carbonyl (C=O) groups is 3. The molecule has 14 heteroatoms. The lowest BCUT2D eigenvalue weighted by molar-refractivity contribution is -0.396. The van der Waals surface area contributed by atoms with E-state index in [1.165, 1.54) is 0 Å². The Labute approximate surface area is 190 Å². The van der Waals surface area contributed by atoms with Crippen molar-refractivity contribution in [1.82, 2.24) is 0 Å². The van der Waals surface area contributed by atoms with Crippen molar-refractivity contribution in [3.8, 4) is 5.75 Å². The number of rotatable bonds is 9. The summed E-state index contributed by atoms with van der Waals surface area (Å²) in [5.41, 5.74) is -2.44. The van der Waals surface area contributed by atoms with Crippen LogP contribution in [-0.4, -0.2) is 46.0 Å². The minimum atomic E-state index is -1.21. The van der Waals surface area contributed by atoms with Crippen LogP contribution in [0, 0.1) is 20.2 Å². The summed E-state index contributed by atoms with van der Waals surface area (Å²) in [6.07, 6.45) is 0.213. The molecule has 2 N–H and O–H groups in total. The van der Waals surface area contributed by atoms with Crippen LogP contribution < -0.4 is 5.32 Å². The number of benzene rings is 1. The second-order valence-corrected chi connectivity index (χ2v) is 7.26. The zero-order valence-electron chi connectivity index (χ0n) is 17.7. The van der Waals surface area contributed by atoms with Crippen molar-refractivity contribution in [2.24, 2.45) is 0 Å². The van der Waals surface area contributed by atoms with Crippen LogP contribution in [-0.2, 0) is 15.9 Å². The number of thiophene rings is 1. The zero-order chi connectivity index (χ0) is 24.9. The topological polar surface area (TPSA) is 188 Å². The van der Waals surface area contributed by atoms with Gasteiger partial charge in [0.2, 0.25) is 0 Å². The summed E-state index contributed by atoms with van der Waals surface area (Å²) in [7, 11) is 0. The molecular weight excluding hydrogens is 462 g/mol. The van der Waals surface area contributed by atoms with E-state index in [1.54, 1.807) is 20.8 Å². The van der Waals surface area contributed by atoms with E-state index in [0.29, 0.717) is 12.1 Å². The van der Waals surface area contributed by atoms with E-state index in [4.69, 9.17) is 9.47 Å². The Morgan fingerprint density at radius 3 is 1.97 bits per heavy atom. The van der Waals surface area contributed by atoms with Gasteiger partial charge in [-0.15, -0.1) is 11.3 Å². The van der Waals surface area contributed by atoms with E-state index < -0.39 is 50.4 Å². The molecule has 13 nitrogen and oxygen atoms in total. The molecule has 2 rings (SSSR count). The molecule has 0 aliphatic carbocycles. The van der Waals surface area contributed by atoms with Gasteiger partial charge in [0.1, 0.15) is 9.88 Å². The van der Waals surface area contributed by atoms with E-state index >= 15 is 0 Å². The van der Waals surface area contributed by atoms with Crippen LogP contribution in [0.3, 0.4) is 0 Å². The van der Waals surface area contributed by atoms with Crippen molar-refractivity contribution < 1.29 is 38.8 Å². The van der Waals surface area contributed by atoms with Gasteiger partial charge in [-0.25, -0.2) is 9.59 Å². The normalized spacial score (nSPS) is 10.4. The van der Waals surface area contributed by atoms with E-state index in [9.17, 15) is 39.7 Å². The Morgan fingerprint density at radius 1 is 1.00 bits per heavy atom. The fraction of sp³-hybridized carbons (Fsp3) is 0.316. The van der Waals surface area contributed by atoms with Gasteiger partial charge in [-0.3, -0.25) is 25.0 Å². The Balaban J connectivity index is 2.61. The minimum Gasteiger partial charge on any atom is -0.497 e. The molecule has 0 saturated heterocycles. The second kappa shape index (κ2) is 10.5. The van der Waals surface area contributed by atoms with Crippen LogP contribution in [0.1, 0.15) is 56.7 Å². The highest BCUT2D eigenvalue weighted by Gasteiger charge is 2.31. The monoisotopic (exact) mass is 481 g/mol. The fourth-order valence-corrected chi connectivity index (χ4v) is 4.03. The Hall–Kier alpha value is -4.07. The van der Waals surface area contributed by atoms with Crippen molar-refractivity contribution in [3.05, 3.63) is 53.9 Å². The van der Waals surface area contributed by atoms with Gasteiger partial charge >= 0.3 is 23.3 Å². The molecule has 176 valence electrons. The maximum Gasteiger partial charge on any atom is 0.348 e. The molecule has 1 heterocycles. The summed E-state index contributed by atoms with van der Waals surface area (Å²) in [4.78, 5) is 57.9. The Bertz CT molecular complexity index is 1110. The standard InChI is InChI=1S/C19H19N3O10S/c1-4-10-13(18(25)31-5-2)17(33-15(10)19(26)32-6-3)20-16(24)9-7-11(21(27)28)14(23)12(8-9)22(29)30/h7-8,23H,4-6H2,1-3H3,(H,20,24). The van der Waals surface area contributed by atoms with Gasteiger partial charge in [-0.2, -0.15) is 0 Å². The van der Waals surface area contributed by atoms with Crippen LogP contribution >= 0.6 is 11.3 Å². The highest BCUT2D eigenvalue weighted by Crippen LogP contribution is 2.38. The summed E-state index contributed by atoms with van der Waals surface area (Å²) in [6, 6.07) is 1.31. The third kappa shape index (κ3) is 5.23. The lowest BCUT2D eigenvalue weighted by Crippen LogP contribution is -2.16. The molecule has 0 aliphatic rings. The molecule has 2 aromatic rings. The van der Waals surface area contributed by atoms with Crippen LogP contribution in [0.5, 0.6) is 5.75 Å². The predicted octanol–water partition coefficient (Wildman–Crippen LogP) is 3.44. The van der Waals surface area contributed by atoms with Gasteiger partial charge in [0.25, 0.3) is 11.7 Å². The highest BCUT2D eigenvalue weighted by molar-refractivity contribution is 7.18. The maximum atomic E-state index is 12.8. The molecule has 0 aliphatic heterocycles. The molecule has 0 radical (unpaired) electrons. The summed E-state index contributed by atoms with van der Waals surface area (Å²) in [5.74, 6) is -3.80. The number of esters is 2. The number of nitrogens with one attached hydrogen (secondary N) is 1. The van der Waals surface area contributed by atoms with Crippen molar-refractivity contribution in [2.45, 2.75) is 27.2 Å². The number of phenolic OH excluding ortho intramolecular Hbond substituents is 1. The number of hydrogen-bond donors (Lipinski definition) is 2. The number of ether oxygens (including phenoxy) is 2. The van der Waals surface area contributed by atoms with E-state index in [0.717, 1.165) is 11.3 Å². The molecule has 0 fully saturated rings. The fourth-order valence-electron chi connectivity index (χ4n) is 2.86. The average Bonchev–Trinajstić information content (AvgIpc) is 3.12. The van der Waals surface area contributed by atoms with Crippen molar-refractivity contribution in [2.75, 3.05) is 18.5 Å². The number of nitrogens with zero attached hydrogens (tertiary/aromatic N) is 2. The van der Waals surface area contributed by atoms with E-state index in [1.807, 2.05) is 0 Å². The van der Waals surface area contributed by atoms with E-state index in [-0.39, 0.29) is 40.6 Å². The second-order valence-electron chi connectivity index (χ2n) is 6.24. The Morgan fingerprint density at radius 2 is 1.52 bits per heavy atom. The quantitative estimate of drug-likeness (QED) is 0.305. The number of carbonyl (C=O) groups excluding carboxylic acids is 3. The number of hydrogen-bond acceptors (Lipinski definition) is 11. The maximum absolute atomic E-state index is 12.8. The largest absolute Gasteiger partial charge is 0.497 e. The first-order valence-corrected chi connectivity index (χ1v) is 10.4. The molecule has 1 aromatic carbocycles. The lowest BCUT2D eigenvalue weighted by atomic mass is 10.1. The van der Waals surface area contributed by atoms with Gasteiger partial charge in [-0.05, 0) is 25.8 Å². The summed E-state index contributed by atoms with van der Waals surface area (Å²) in [6.45, 7) is 4.91. The SMILES string of the molecule is CCOC(=O)c1sc(NC(=O)c2cc([N+](=O)[O-])c(O)c([N+](=O)[O-])c2)c(C(=O)OCC)c1CC. The van der Waals surface area contributed by atoms with E-state index in [2.05, 4.69) is 5.32 Å². The molecule has 0 spiro atoms. The summed E-state index contributed by atoms with van der Waals surface area (Å²) < 4.78 is 10.0. The van der Waals surface area contributed by atoms with Gasteiger partial charge in [0.15, 0.2) is 0 Å². The van der Waals surface area contributed by atoms with Gasteiger partial charge in [-0.1, -0.05) is 6.92 Å². The van der Waals surface area contributed by atoms with Crippen LogP contribution in [0.4, 0.5) is 16.4 Å². The first-order valence-electron chi connectivity index (χ1n) is 9.54. The molecule has 0 bridgehead atoms. The number of anilines is 1. The Kier molecular flexibility index (Phi) is 8.01. The minimum absolute atomic E-state index is 0.0102. The number of phenols is 1. The van der Waals surface area contributed by atoms with Gasteiger partial charge in [0.05, 0.1) is 34.2 Å². The predicted molar refractivity (Wildman–Crippen MR) is 115 cm³/mol. The van der Waals surface area contributed by atoms with Crippen molar-refractivity contribution in [1.29, 1.82) is 0 Å². The number of nitro groups is 2. The number of amides is 1. The first kappa shape index (κ1) is 25.2. The van der Waals surface area contributed by atoms with Crippen LogP contribution in [0.25, 0.3) is 0 Å². The molecule has 0 atom stereocenters. The van der Waals surface area contributed by atoms with Gasteiger partial charge < -0.3 is 19.9 Å². The number of aromatic hydroxyl groups is 1.